The van der Waals surface area contributed by atoms with Gasteiger partial charge in [-0.1, -0.05) is 23.7 Å². The number of halogens is 3. The number of rotatable bonds is 3. The molecule has 0 atom stereocenters. The maximum absolute atomic E-state index is 13.4. The molecule has 2 aromatic rings. The quantitative estimate of drug-likeness (QED) is 0.664. The van der Waals surface area contributed by atoms with Crippen molar-refractivity contribution in [3.63, 3.8) is 0 Å². The van der Waals surface area contributed by atoms with E-state index in [4.69, 9.17) is 17.3 Å². The Morgan fingerprint density at radius 1 is 1.17 bits per heavy atom. The van der Waals surface area contributed by atoms with Gasteiger partial charge in [0.2, 0.25) is 0 Å². The smallest absolute Gasteiger partial charge is 0.162 e. The Hall–Kier alpha value is -1.26. The SMILES string of the molecule is Nc1ccc(Cl)c(SCc2cccc(F)c2F)c1. The number of thioether (sulfide) groups is 1. The predicted molar refractivity (Wildman–Crippen MR) is 71.8 cm³/mol. The highest BCUT2D eigenvalue weighted by Gasteiger charge is 2.09. The molecule has 0 amide bonds. The normalized spacial score (nSPS) is 10.6. The van der Waals surface area contributed by atoms with Gasteiger partial charge in [-0.15, -0.1) is 11.8 Å². The average molecular weight is 286 g/mol. The summed E-state index contributed by atoms with van der Waals surface area (Å²) in [5.41, 5.74) is 6.53. The standard InChI is InChI=1S/C13H10ClF2NS/c14-10-5-4-9(17)6-12(10)18-7-8-2-1-3-11(15)13(8)16/h1-6H,7,17H2. The van der Waals surface area contributed by atoms with Gasteiger partial charge in [0.1, 0.15) is 0 Å². The van der Waals surface area contributed by atoms with Crippen LogP contribution in [0.1, 0.15) is 5.56 Å². The molecule has 2 N–H and O–H groups in total. The first-order valence-electron chi connectivity index (χ1n) is 5.18. The number of hydrogen-bond donors (Lipinski definition) is 1. The number of benzene rings is 2. The molecule has 0 fully saturated rings. The van der Waals surface area contributed by atoms with E-state index >= 15 is 0 Å². The molecule has 0 unspecified atom stereocenters. The second-order valence-electron chi connectivity index (χ2n) is 3.69. The molecule has 0 spiro atoms. The molecule has 1 nitrogen and oxygen atoms in total. The fourth-order valence-electron chi connectivity index (χ4n) is 1.45. The van der Waals surface area contributed by atoms with Crippen molar-refractivity contribution >= 4 is 29.1 Å². The van der Waals surface area contributed by atoms with Gasteiger partial charge in [-0.3, -0.25) is 0 Å². The summed E-state index contributed by atoms with van der Waals surface area (Å²) in [7, 11) is 0. The highest BCUT2D eigenvalue weighted by atomic mass is 35.5. The zero-order valence-corrected chi connectivity index (χ0v) is 10.9. The van der Waals surface area contributed by atoms with Crippen molar-refractivity contribution in [3.05, 3.63) is 58.6 Å². The Morgan fingerprint density at radius 2 is 1.94 bits per heavy atom. The lowest BCUT2D eigenvalue weighted by Gasteiger charge is -2.06. The highest BCUT2D eigenvalue weighted by Crippen LogP contribution is 2.32. The second kappa shape index (κ2) is 5.59. The van der Waals surface area contributed by atoms with Crippen LogP contribution in [0.2, 0.25) is 5.02 Å². The third-order valence-corrected chi connectivity index (χ3v) is 3.92. The molecule has 94 valence electrons. The van der Waals surface area contributed by atoms with Gasteiger partial charge in [-0.25, -0.2) is 8.78 Å². The molecule has 0 saturated carbocycles. The van der Waals surface area contributed by atoms with Crippen LogP contribution in [-0.2, 0) is 5.75 Å². The molecule has 2 rings (SSSR count). The summed E-state index contributed by atoms with van der Waals surface area (Å²) in [6.07, 6.45) is 0. The van der Waals surface area contributed by atoms with E-state index in [1.165, 1.54) is 17.8 Å². The molecule has 0 aliphatic heterocycles. The van der Waals surface area contributed by atoms with Crippen LogP contribution < -0.4 is 5.73 Å². The van der Waals surface area contributed by atoms with Crippen molar-refractivity contribution in [1.82, 2.24) is 0 Å². The fraction of sp³-hybridized carbons (Fsp3) is 0.0769. The van der Waals surface area contributed by atoms with E-state index in [1.807, 2.05) is 0 Å². The maximum atomic E-state index is 13.4. The fourth-order valence-corrected chi connectivity index (χ4v) is 2.69. The molecule has 0 heterocycles. The lowest BCUT2D eigenvalue weighted by atomic mass is 10.2. The molecule has 0 saturated heterocycles. The van der Waals surface area contributed by atoms with Crippen LogP contribution in [0.4, 0.5) is 14.5 Å². The zero-order valence-electron chi connectivity index (χ0n) is 9.29. The van der Waals surface area contributed by atoms with Gasteiger partial charge >= 0.3 is 0 Å². The Bertz CT molecular complexity index is 573. The van der Waals surface area contributed by atoms with Crippen LogP contribution in [0.3, 0.4) is 0 Å². The molecule has 0 aliphatic rings. The third-order valence-electron chi connectivity index (χ3n) is 2.37. The lowest BCUT2D eigenvalue weighted by Crippen LogP contribution is -1.92. The Labute approximate surface area is 113 Å². The summed E-state index contributed by atoms with van der Waals surface area (Å²) in [5.74, 6) is -1.36. The minimum Gasteiger partial charge on any atom is -0.399 e. The second-order valence-corrected chi connectivity index (χ2v) is 5.12. The first kappa shape index (κ1) is 13.2. The van der Waals surface area contributed by atoms with Gasteiger partial charge in [0.05, 0.1) is 5.02 Å². The lowest BCUT2D eigenvalue weighted by molar-refractivity contribution is 0.502. The molecule has 2 aromatic carbocycles. The number of nitrogen functional groups attached to an aromatic ring is 1. The van der Waals surface area contributed by atoms with Crippen LogP contribution >= 0.6 is 23.4 Å². The molecule has 18 heavy (non-hydrogen) atoms. The van der Waals surface area contributed by atoms with E-state index < -0.39 is 11.6 Å². The Balaban J connectivity index is 2.16. The summed E-state index contributed by atoms with van der Waals surface area (Å²) in [6, 6.07) is 9.21. The van der Waals surface area contributed by atoms with Crippen LogP contribution in [0.5, 0.6) is 0 Å². The number of hydrogen-bond acceptors (Lipinski definition) is 2. The van der Waals surface area contributed by atoms with E-state index in [9.17, 15) is 8.78 Å². The van der Waals surface area contributed by atoms with Crippen LogP contribution in [0.15, 0.2) is 41.3 Å². The van der Waals surface area contributed by atoms with E-state index in [-0.39, 0.29) is 0 Å². The van der Waals surface area contributed by atoms with Gasteiger partial charge in [0.25, 0.3) is 0 Å². The maximum Gasteiger partial charge on any atom is 0.162 e. The number of anilines is 1. The van der Waals surface area contributed by atoms with Gasteiger partial charge in [-0.2, -0.15) is 0 Å². The summed E-state index contributed by atoms with van der Waals surface area (Å²) in [6.45, 7) is 0. The molecule has 0 radical (unpaired) electrons. The van der Waals surface area contributed by atoms with Crippen LogP contribution in [0.25, 0.3) is 0 Å². The topological polar surface area (TPSA) is 26.0 Å². The molecule has 0 aromatic heterocycles. The van der Waals surface area contributed by atoms with Gasteiger partial charge in [0.15, 0.2) is 11.6 Å². The minimum atomic E-state index is -0.841. The van der Waals surface area contributed by atoms with Crippen molar-refractivity contribution in [2.75, 3.05) is 5.73 Å². The van der Waals surface area contributed by atoms with Crippen LogP contribution in [0, 0.1) is 11.6 Å². The van der Waals surface area contributed by atoms with Crippen molar-refractivity contribution in [2.24, 2.45) is 0 Å². The summed E-state index contributed by atoms with van der Waals surface area (Å²) >= 11 is 7.31. The predicted octanol–water partition coefficient (Wildman–Crippen LogP) is 4.49. The van der Waals surface area contributed by atoms with E-state index in [2.05, 4.69) is 0 Å². The molecule has 0 aliphatic carbocycles. The Morgan fingerprint density at radius 3 is 2.72 bits per heavy atom. The van der Waals surface area contributed by atoms with Gasteiger partial charge in [-0.05, 0) is 24.3 Å². The van der Waals surface area contributed by atoms with E-state index in [1.54, 1.807) is 24.3 Å². The average Bonchev–Trinajstić information content (AvgIpc) is 2.35. The molecule has 5 heteroatoms. The van der Waals surface area contributed by atoms with E-state index in [0.717, 1.165) is 11.0 Å². The van der Waals surface area contributed by atoms with Crippen molar-refractivity contribution in [2.45, 2.75) is 10.6 Å². The minimum absolute atomic E-state index is 0.298. The van der Waals surface area contributed by atoms with Gasteiger partial charge in [0, 0.05) is 21.9 Å². The van der Waals surface area contributed by atoms with Crippen LogP contribution in [-0.4, -0.2) is 0 Å². The molecule has 0 bridgehead atoms. The first-order chi connectivity index (χ1) is 8.58. The zero-order chi connectivity index (χ0) is 13.1. The Kier molecular flexibility index (Phi) is 4.09. The first-order valence-corrected chi connectivity index (χ1v) is 6.55. The van der Waals surface area contributed by atoms with Crippen molar-refractivity contribution < 1.29 is 8.78 Å². The third kappa shape index (κ3) is 2.94. The van der Waals surface area contributed by atoms with E-state index in [0.29, 0.717) is 22.0 Å². The molecular formula is C13H10ClF2NS. The van der Waals surface area contributed by atoms with Gasteiger partial charge < -0.3 is 5.73 Å². The van der Waals surface area contributed by atoms with Crippen molar-refractivity contribution in [3.8, 4) is 0 Å². The summed E-state index contributed by atoms with van der Waals surface area (Å²) < 4.78 is 26.5. The number of nitrogens with two attached hydrogens (primary N) is 1. The monoisotopic (exact) mass is 285 g/mol. The summed E-state index contributed by atoms with van der Waals surface area (Å²) in [4.78, 5) is 0.750. The largest absolute Gasteiger partial charge is 0.399 e. The molecular weight excluding hydrogens is 276 g/mol. The summed E-state index contributed by atoms with van der Waals surface area (Å²) in [5, 5.41) is 0.547. The van der Waals surface area contributed by atoms with Crippen molar-refractivity contribution in [1.29, 1.82) is 0 Å². The highest BCUT2D eigenvalue weighted by molar-refractivity contribution is 7.98.